The molecular formula is C34H29ClF3N3O5S. The predicted molar refractivity (Wildman–Crippen MR) is 177 cm³/mol. The molecule has 3 amide bonds. The van der Waals surface area contributed by atoms with Crippen LogP contribution in [0.2, 0.25) is 5.02 Å². The number of hydrogen-bond acceptors (Lipinski definition) is 6. The molecule has 4 aromatic rings. The summed E-state index contributed by atoms with van der Waals surface area (Å²) in [5.41, 5.74) is -0.444. The van der Waals surface area contributed by atoms with Crippen molar-refractivity contribution in [1.82, 2.24) is 5.32 Å². The summed E-state index contributed by atoms with van der Waals surface area (Å²) in [6.07, 6.45) is -3.27. The van der Waals surface area contributed by atoms with Crippen LogP contribution in [0.5, 0.6) is 11.5 Å². The molecule has 0 spiro atoms. The average molecular weight is 684 g/mol. The van der Waals surface area contributed by atoms with Crippen molar-refractivity contribution in [3.63, 3.8) is 0 Å². The lowest BCUT2D eigenvalue weighted by Gasteiger charge is -2.17. The highest BCUT2D eigenvalue weighted by atomic mass is 35.5. The summed E-state index contributed by atoms with van der Waals surface area (Å²) in [7, 11) is 2.96. The van der Waals surface area contributed by atoms with Gasteiger partial charge in [-0.3, -0.25) is 14.4 Å². The molecule has 0 fully saturated rings. The number of alkyl halides is 3. The van der Waals surface area contributed by atoms with E-state index in [1.54, 1.807) is 72.8 Å². The molecule has 0 heterocycles. The Kier molecular flexibility index (Phi) is 11.6. The SMILES string of the molecule is COc1ccc(OC)c(/C=C(/NC(=O)c2ccccc2)C(=O)Nc2cccc(SC(C)C(=O)Nc3ccc(Cl)cc3C(F)(F)F)c2)c1. The first-order valence-electron chi connectivity index (χ1n) is 13.9. The van der Waals surface area contributed by atoms with Crippen molar-refractivity contribution < 1.29 is 37.0 Å². The number of hydrogen-bond donors (Lipinski definition) is 3. The summed E-state index contributed by atoms with van der Waals surface area (Å²) in [5, 5.41) is 6.80. The third-order valence-electron chi connectivity index (χ3n) is 6.58. The zero-order valence-electron chi connectivity index (χ0n) is 25.3. The summed E-state index contributed by atoms with van der Waals surface area (Å²) in [6.45, 7) is 1.54. The van der Waals surface area contributed by atoms with Gasteiger partial charge in [0, 0.05) is 26.7 Å². The lowest BCUT2D eigenvalue weighted by atomic mass is 10.1. The Balaban J connectivity index is 1.54. The standard InChI is InChI=1S/C34H29ClF3N3O5S/c1-20(31(42)40-28-14-12-23(35)18-27(28)34(36,37)38)47-26-11-7-10-24(19-26)39-33(44)29(41-32(43)21-8-5-4-6-9-21)17-22-16-25(45-2)13-15-30(22)46-3/h4-20H,1-3H3,(H,39,44)(H,40,42)(H,41,43)/b29-17+. The minimum Gasteiger partial charge on any atom is -0.497 e. The maximum atomic E-state index is 13.6. The first kappa shape index (κ1) is 34.9. The molecule has 0 bridgehead atoms. The molecule has 47 heavy (non-hydrogen) atoms. The summed E-state index contributed by atoms with van der Waals surface area (Å²) in [4.78, 5) is 40.0. The third-order valence-corrected chi connectivity index (χ3v) is 7.91. The zero-order chi connectivity index (χ0) is 34.1. The maximum absolute atomic E-state index is 13.6. The van der Waals surface area contributed by atoms with E-state index in [1.165, 1.54) is 33.3 Å². The van der Waals surface area contributed by atoms with Gasteiger partial charge in [-0.1, -0.05) is 35.9 Å². The van der Waals surface area contributed by atoms with Gasteiger partial charge in [0.25, 0.3) is 11.8 Å². The van der Waals surface area contributed by atoms with Crippen LogP contribution in [-0.2, 0) is 15.8 Å². The van der Waals surface area contributed by atoms with E-state index in [1.807, 2.05) is 0 Å². The molecule has 0 aliphatic heterocycles. The van der Waals surface area contributed by atoms with Crippen LogP contribution in [0.3, 0.4) is 0 Å². The van der Waals surface area contributed by atoms with E-state index < -0.39 is 40.4 Å². The summed E-state index contributed by atoms with van der Waals surface area (Å²) < 4.78 is 51.2. The second-order valence-electron chi connectivity index (χ2n) is 9.90. The fourth-order valence-electron chi connectivity index (χ4n) is 4.25. The van der Waals surface area contributed by atoms with Gasteiger partial charge >= 0.3 is 6.18 Å². The molecule has 244 valence electrons. The van der Waals surface area contributed by atoms with Crippen LogP contribution in [0.4, 0.5) is 24.5 Å². The Morgan fingerprint density at radius 3 is 2.30 bits per heavy atom. The molecule has 0 aliphatic rings. The Morgan fingerprint density at radius 2 is 1.62 bits per heavy atom. The topological polar surface area (TPSA) is 106 Å². The molecule has 13 heteroatoms. The highest BCUT2D eigenvalue weighted by Crippen LogP contribution is 2.37. The number of thioether (sulfide) groups is 1. The van der Waals surface area contributed by atoms with E-state index in [0.717, 1.165) is 23.9 Å². The van der Waals surface area contributed by atoms with Crippen LogP contribution in [0.25, 0.3) is 6.08 Å². The number of methoxy groups -OCH3 is 2. The average Bonchev–Trinajstić information content (AvgIpc) is 3.05. The third kappa shape index (κ3) is 9.53. The molecule has 0 radical (unpaired) electrons. The molecule has 4 aromatic carbocycles. The minimum absolute atomic E-state index is 0.0976. The maximum Gasteiger partial charge on any atom is 0.418 e. The molecule has 0 aliphatic carbocycles. The number of benzene rings is 4. The number of rotatable bonds is 11. The summed E-state index contributed by atoms with van der Waals surface area (Å²) in [5.74, 6) is -0.920. The molecule has 0 saturated heterocycles. The van der Waals surface area contributed by atoms with E-state index in [0.29, 0.717) is 33.2 Å². The second kappa shape index (κ2) is 15.6. The summed E-state index contributed by atoms with van der Waals surface area (Å²) in [6, 6.07) is 23.0. The molecular weight excluding hydrogens is 655 g/mol. The first-order valence-corrected chi connectivity index (χ1v) is 15.2. The Bertz CT molecular complexity index is 1800. The van der Waals surface area contributed by atoms with Gasteiger partial charge < -0.3 is 25.4 Å². The lowest BCUT2D eigenvalue weighted by Crippen LogP contribution is -2.30. The van der Waals surface area contributed by atoms with Crippen molar-refractivity contribution >= 4 is 58.5 Å². The van der Waals surface area contributed by atoms with Gasteiger partial charge in [0.2, 0.25) is 5.91 Å². The number of ether oxygens (including phenoxy) is 2. The van der Waals surface area contributed by atoms with E-state index in [9.17, 15) is 27.6 Å². The number of nitrogens with one attached hydrogen (secondary N) is 3. The zero-order valence-corrected chi connectivity index (χ0v) is 26.8. The molecule has 0 aromatic heterocycles. The molecule has 3 N–H and O–H groups in total. The van der Waals surface area contributed by atoms with Gasteiger partial charge in [0.05, 0.1) is 30.7 Å². The van der Waals surface area contributed by atoms with E-state index in [4.69, 9.17) is 21.1 Å². The number of halogens is 4. The van der Waals surface area contributed by atoms with Crippen LogP contribution < -0.4 is 25.4 Å². The number of carbonyl (C=O) groups is 3. The van der Waals surface area contributed by atoms with Gasteiger partial charge in [0.15, 0.2) is 0 Å². The van der Waals surface area contributed by atoms with Crippen molar-refractivity contribution in [3.8, 4) is 11.5 Å². The van der Waals surface area contributed by atoms with Crippen molar-refractivity contribution in [3.05, 3.63) is 118 Å². The van der Waals surface area contributed by atoms with Crippen LogP contribution >= 0.6 is 23.4 Å². The monoisotopic (exact) mass is 683 g/mol. The van der Waals surface area contributed by atoms with Gasteiger partial charge in [-0.05, 0) is 79.7 Å². The fourth-order valence-corrected chi connectivity index (χ4v) is 5.35. The fraction of sp³-hybridized carbons (Fsp3) is 0.147. The van der Waals surface area contributed by atoms with Crippen LogP contribution in [0, 0.1) is 0 Å². The number of anilines is 2. The van der Waals surface area contributed by atoms with Crippen LogP contribution in [0.15, 0.2) is 102 Å². The highest BCUT2D eigenvalue weighted by molar-refractivity contribution is 8.00. The molecule has 8 nitrogen and oxygen atoms in total. The van der Waals surface area contributed by atoms with E-state index in [-0.39, 0.29) is 10.7 Å². The van der Waals surface area contributed by atoms with Gasteiger partial charge in [-0.15, -0.1) is 11.8 Å². The minimum atomic E-state index is -4.72. The second-order valence-corrected chi connectivity index (χ2v) is 11.8. The van der Waals surface area contributed by atoms with Gasteiger partial charge in [-0.25, -0.2) is 0 Å². The lowest BCUT2D eigenvalue weighted by molar-refractivity contribution is -0.137. The smallest absolute Gasteiger partial charge is 0.418 e. The predicted octanol–water partition coefficient (Wildman–Crippen LogP) is 7.90. The molecule has 1 atom stereocenters. The quantitative estimate of drug-likeness (QED) is 0.110. The van der Waals surface area contributed by atoms with Gasteiger partial charge in [0.1, 0.15) is 17.2 Å². The molecule has 1 unspecified atom stereocenters. The first-order chi connectivity index (χ1) is 22.4. The van der Waals surface area contributed by atoms with Crippen molar-refractivity contribution in [1.29, 1.82) is 0 Å². The Hall–Kier alpha value is -4.94. The van der Waals surface area contributed by atoms with E-state index in [2.05, 4.69) is 16.0 Å². The number of amides is 3. The molecule has 0 saturated carbocycles. The largest absolute Gasteiger partial charge is 0.497 e. The van der Waals surface area contributed by atoms with E-state index >= 15 is 0 Å². The normalized spacial score (nSPS) is 12.1. The molecule has 4 rings (SSSR count). The Labute approximate surface area is 278 Å². The van der Waals surface area contributed by atoms with Crippen molar-refractivity contribution in [2.75, 3.05) is 24.9 Å². The number of carbonyl (C=O) groups excluding carboxylic acids is 3. The van der Waals surface area contributed by atoms with Crippen molar-refractivity contribution in [2.24, 2.45) is 0 Å². The van der Waals surface area contributed by atoms with Crippen LogP contribution in [-0.4, -0.2) is 37.2 Å². The van der Waals surface area contributed by atoms with Crippen LogP contribution in [0.1, 0.15) is 28.4 Å². The van der Waals surface area contributed by atoms with Gasteiger partial charge in [-0.2, -0.15) is 13.2 Å². The highest BCUT2D eigenvalue weighted by Gasteiger charge is 2.34. The summed E-state index contributed by atoms with van der Waals surface area (Å²) >= 11 is 6.81. The Morgan fingerprint density at radius 1 is 0.872 bits per heavy atom. The van der Waals surface area contributed by atoms with Crippen molar-refractivity contribution in [2.45, 2.75) is 23.2 Å².